The summed E-state index contributed by atoms with van der Waals surface area (Å²) in [7, 11) is 0. The Morgan fingerprint density at radius 2 is 1.91 bits per heavy atom. The third-order valence-electron chi connectivity index (χ3n) is 4.47. The summed E-state index contributed by atoms with van der Waals surface area (Å²) in [6.45, 7) is 5.08. The molecule has 1 aliphatic rings. The lowest BCUT2D eigenvalue weighted by molar-refractivity contribution is -0.122. The molecule has 0 aliphatic heterocycles. The Balaban J connectivity index is 2.16. The van der Waals surface area contributed by atoms with Crippen LogP contribution in [0.2, 0.25) is 0 Å². The molecule has 0 fully saturated rings. The second-order valence-corrected chi connectivity index (χ2v) is 5.99. The van der Waals surface area contributed by atoms with Crippen molar-refractivity contribution in [3.8, 4) is 5.75 Å². The van der Waals surface area contributed by atoms with Gasteiger partial charge in [-0.2, -0.15) is 0 Å². The molecule has 0 bridgehead atoms. The Labute approximate surface area is 129 Å². The molecule has 22 heavy (non-hydrogen) atoms. The van der Waals surface area contributed by atoms with Crippen LogP contribution in [0.15, 0.2) is 21.3 Å². The van der Waals surface area contributed by atoms with Crippen molar-refractivity contribution in [2.45, 2.75) is 52.6 Å². The first-order valence-corrected chi connectivity index (χ1v) is 7.74. The lowest BCUT2D eigenvalue weighted by Gasteiger charge is -2.19. The second-order valence-electron chi connectivity index (χ2n) is 5.99. The van der Waals surface area contributed by atoms with Gasteiger partial charge < -0.3 is 9.15 Å². The molecular formula is C18H20O4. The van der Waals surface area contributed by atoms with E-state index in [0.29, 0.717) is 11.3 Å². The number of carbonyl (C=O) groups is 1. The van der Waals surface area contributed by atoms with Crippen LogP contribution in [0.25, 0.3) is 11.0 Å². The maximum atomic E-state index is 12.2. The van der Waals surface area contributed by atoms with Gasteiger partial charge in [-0.3, -0.25) is 4.79 Å². The molecule has 4 heteroatoms. The Morgan fingerprint density at radius 3 is 2.59 bits per heavy atom. The SMILES string of the molecule is CC(=O)[C@H](C)Oc1ccc2c3c(c(=O)oc2c1C)CCCC3. The highest BCUT2D eigenvalue weighted by Gasteiger charge is 2.20. The summed E-state index contributed by atoms with van der Waals surface area (Å²) in [4.78, 5) is 23.6. The minimum atomic E-state index is -0.513. The molecule has 0 saturated carbocycles. The largest absolute Gasteiger partial charge is 0.483 e. The number of ether oxygens (including phenoxy) is 1. The number of hydrogen-bond acceptors (Lipinski definition) is 4. The summed E-state index contributed by atoms with van der Waals surface area (Å²) in [5, 5.41) is 0.995. The van der Waals surface area contributed by atoms with Crippen LogP contribution in [0, 0.1) is 6.92 Å². The van der Waals surface area contributed by atoms with Gasteiger partial charge in [-0.05, 0) is 64.2 Å². The normalized spacial score (nSPS) is 15.4. The van der Waals surface area contributed by atoms with E-state index in [1.54, 1.807) is 6.92 Å². The van der Waals surface area contributed by atoms with E-state index in [9.17, 15) is 9.59 Å². The number of rotatable bonds is 3. The maximum absolute atomic E-state index is 12.2. The molecule has 1 aromatic carbocycles. The fraction of sp³-hybridized carbons (Fsp3) is 0.444. The van der Waals surface area contributed by atoms with E-state index in [1.165, 1.54) is 6.92 Å². The summed E-state index contributed by atoms with van der Waals surface area (Å²) in [6.07, 6.45) is 3.34. The van der Waals surface area contributed by atoms with Gasteiger partial charge in [0.05, 0.1) is 0 Å². The molecule has 2 aromatic rings. The molecule has 1 atom stereocenters. The van der Waals surface area contributed by atoms with Crippen molar-refractivity contribution < 1.29 is 13.9 Å². The third-order valence-corrected chi connectivity index (χ3v) is 4.47. The van der Waals surface area contributed by atoms with Crippen LogP contribution in [0.5, 0.6) is 5.75 Å². The molecule has 0 unspecified atom stereocenters. The first-order chi connectivity index (χ1) is 10.5. The molecule has 1 heterocycles. The quantitative estimate of drug-likeness (QED) is 0.816. The number of fused-ring (bicyclic) bond motifs is 3. The second kappa shape index (κ2) is 5.59. The lowest BCUT2D eigenvalue weighted by atomic mass is 9.90. The first kappa shape index (κ1) is 14.8. The van der Waals surface area contributed by atoms with Gasteiger partial charge in [0.25, 0.3) is 0 Å². The molecule has 0 saturated heterocycles. The minimum Gasteiger partial charge on any atom is -0.483 e. The molecule has 4 nitrogen and oxygen atoms in total. The van der Waals surface area contributed by atoms with Crippen molar-refractivity contribution in [1.82, 2.24) is 0 Å². The van der Waals surface area contributed by atoms with Crippen LogP contribution in [0.1, 0.15) is 43.4 Å². The standard InChI is InChI=1S/C18H20O4/c1-10-16(21-12(3)11(2)19)9-8-14-13-6-4-5-7-15(13)18(20)22-17(10)14/h8-9,12H,4-7H2,1-3H3/t12-/m0/s1. The van der Waals surface area contributed by atoms with Crippen LogP contribution in [-0.4, -0.2) is 11.9 Å². The lowest BCUT2D eigenvalue weighted by Crippen LogP contribution is -2.21. The average molecular weight is 300 g/mol. The van der Waals surface area contributed by atoms with Gasteiger partial charge in [0.15, 0.2) is 11.9 Å². The van der Waals surface area contributed by atoms with Crippen LogP contribution < -0.4 is 10.4 Å². The van der Waals surface area contributed by atoms with Crippen molar-refractivity contribution in [3.05, 3.63) is 39.2 Å². The average Bonchev–Trinajstić information content (AvgIpc) is 2.51. The van der Waals surface area contributed by atoms with Gasteiger partial charge in [-0.15, -0.1) is 0 Å². The molecular weight excluding hydrogens is 280 g/mol. The number of Topliss-reactive ketones (excluding diaryl/α,β-unsaturated/α-hetero) is 1. The smallest absolute Gasteiger partial charge is 0.339 e. The van der Waals surface area contributed by atoms with Crippen LogP contribution in [0.4, 0.5) is 0 Å². The highest BCUT2D eigenvalue weighted by molar-refractivity contribution is 5.86. The zero-order valence-corrected chi connectivity index (χ0v) is 13.2. The van der Waals surface area contributed by atoms with Gasteiger partial charge in [-0.1, -0.05) is 0 Å². The van der Waals surface area contributed by atoms with E-state index >= 15 is 0 Å². The van der Waals surface area contributed by atoms with Crippen molar-refractivity contribution in [3.63, 3.8) is 0 Å². The van der Waals surface area contributed by atoms with E-state index in [2.05, 4.69) is 0 Å². The fourth-order valence-corrected chi connectivity index (χ4v) is 3.03. The minimum absolute atomic E-state index is 0.0357. The Bertz CT molecular complexity index is 801. The monoisotopic (exact) mass is 300 g/mol. The molecule has 116 valence electrons. The molecule has 1 aliphatic carbocycles. The summed E-state index contributed by atoms with van der Waals surface area (Å²) in [5.41, 5.74) is 3.06. The van der Waals surface area contributed by atoms with E-state index in [1.807, 2.05) is 19.1 Å². The molecule has 0 N–H and O–H groups in total. The van der Waals surface area contributed by atoms with E-state index in [4.69, 9.17) is 9.15 Å². The maximum Gasteiger partial charge on any atom is 0.339 e. The van der Waals surface area contributed by atoms with Gasteiger partial charge in [-0.25, -0.2) is 4.79 Å². The number of benzene rings is 1. The van der Waals surface area contributed by atoms with Crippen molar-refractivity contribution >= 4 is 16.8 Å². The van der Waals surface area contributed by atoms with E-state index in [-0.39, 0.29) is 11.4 Å². The molecule has 1 aromatic heterocycles. The Morgan fingerprint density at radius 1 is 1.23 bits per heavy atom. The number of aryl methyl sites for hydroxylation is 2. The van der Waals surface area contributed by atoms with Crippen molar-refractivity contribution in [2.75, 3.05) is 0 Å². The predicted molar refractivity (Wildman–Crippen MR) is 84.6 cm³/mol. The predicted octanol–water partition coefficient (Wildman–Crippen LogP) is 3.34. The summed E-state index contributed by atoms with van der Waals surface area (Å²) in [5.74, 6) is 0.556. The highest BCUT2D eigenvalue weighted by atomic mass is 16.5. The van der Waals surface area contributed by atoms with Crippen molar-refractivity contribution in [2.24, 2.45) is 0 Å². The topological polar surface area (TPSA) is 56.5 Å². The third kappa shape index (κ3) is 2.43. The van der Waals surface area contributed by atoms with Gasteiger partial charge in [0, 0.05) is 16.5 Å². The zero-order valence-electron chi connectivity index (χ0n) is 13.2. The highest BCUT2D eigenvalue weighted by Crippen LogP contribution is 2.32. The Kier molecular flexibility index (Phi) is 3.77. The van der Waals surface area contributed by atoms with E-state index in [0.717, 1.165) is 47.8 Å². The summed E-state index contributed by atoms with van der Waals surface area (Å²) in [6, 6.07) is 3.81. The van der Waals surface area contributed by atoms with Crippen LogP contribution in [-0.2, 0) is 17.6 Å². The fourth-order valence-electron chi connectivity index (χ4n) is 3.03. The van der Waals surface area contributed by atoms with E-state index < -0.39 is 6.10 Å². The molecule has 0 spiro atoms. The summed E-state index contributed by atoms with van der Waals surface area (Å²) >= 11 is 0. The Hall–Kier alpha value is -2.10. The molecule has 0 amide bonds. The number of hydrogen-bond donors (Lipinski definition) is 0. The zero-order chi connectivity index (χ0) is 15.9. The van der Waals surface area contributed by atoms with Gasteiger partial charge >= 0.3 is 5.63 Å². The van der Waals surface area contributed by atoms with Gasteiger partial charge in [0.1, 0.15) is 11.3 Å². The molecule has 3 rings (SSSR count). The van der Waals surface area contributed by atoms with Gasteiger partial charge in [0.2, 0.25) is 0 Å². The van der Waals surface area contributed by atoms with Crippen LogP contribution >= 0.6 is 0 Å². The number of carbonyl (C=O) groups excluding carboxylic acids is 1. The van der Waals surface area contributed by atoms with Crippen LogP contribution in [0.3, 0.4) is 0 Å². The first-order valence-electron chi connectivity index (χ1n) is 7.74. The van der Waals surface area contributed by atoms with Crippen molar-refractivity contribution in [1.29, 1.82) is 0 Å². The summed E-state index contributed by atoms with van der Waals surface area (Å²) < 4.78 is 11.2. The number of ketones is 1. The molecule has 0 radical (unpaired) electrons.